The summed E-state index contributed by atoms with van der Waals surface area (Å²) in [6.07, 6.45) is 69.6. The van der Waals surface area contributed by atoms with E-state index in [0.29, 0.717) is 19.3 Å². The third kappa shape index (κ3) is 51.2. The van der Waals surface area contributed by atoms with Crippen LogP contribution >= 0.6 is 0 Å². The monoisotopic (exact) mass is 903 g/mol. The third-order valence-corrected chi connectivity index (χ3v) is 11.0. The van der Waals surface area contributed by atoms with Crippen molar-refractivity contribution in [3.63, 3.8) is 0 Å². The summed E-state index contributed by atoms with van der Waals surface area (Å²) in [4.78, 5) is 38.0. The van der Waals surface area contributed by atoms with Gasteiger partial charge in [-0.2, -0.15) is 0 Å². The average Bonchev–Trinajstić information content (AvgIpc) is 3.30. The van der Waals surface area contributed by atoms with Crippen LogP contribution in [0.5, 0.6) is 0 Å². The maximum absolute atomic E-state index is 12.8. The van der Waals surface area contributed by atoms with Gasteiger partial charge in [-0.05, 0) is 122 Å². The Morgan fingerprint density at radius 1 is 0.308 bits per heavy atom. The average molecular weight is 903 g/mol. The van der Waals surface area contributed by atoms with Crippen LogP contribution in [-0.2, 0) is 28.6 Å². The molecule has 0 aromatic heterocycles. The Morgan fingerprint density at radius 3 is 0.938 bits per heavy atom. The van der Waals surface area contributed by atoms with Crippen LogP contribution in [0.25, 0.3) is 0 Å². The quantitative estimate of drug-likeness (QED) is 0.0262. The minimum Gasteiger partial charge on any atom is -0.462 e. The second-order valence-electron chi connectivity index (χ2n) is 17.4. The molecule has 0 N–H and O–H groups in total. The highest BCUT2D eigenvalue weighted by atomic mass is 16.6. The molecule has 0 saturated carbocycles. The van der Waals surface area contributed by atoms with E-state index < -0.39 is 6.10 Å². The molecular weight excluding hydrogens is 805 g/mol. The Morgan fingerprint density at radius 2 is 0.569 bits per heavy atom. The van der Waals surface area contributed by atoms with Gasteiger partial charge in [-0.1, -0.05) is 195 Å². The first-order valence-corrected chi connectivity index (χ1v) is 26.7. The van der Waals surface area contributed by atoms with Gasteiger partial charge < -0.3 is 14.2 Å². The zero-order valence-electron chi connectivity index (χ0n) is 42.2. The van der Waals surface area contributed by atoms with Gasteiger partial charge in [0.2, 0.25) is 0 Å². The molecule has 0 amide bonds. The summed E-state index contributed by atoms with van der Waals surface area (Å²) in [6.45, 7) is 6.48. The number of unbranched alkanes of at least 4 members (excludes halogenated alkanes) is 20. The molecule has 0 saturated heterocycles. The smallest absolute Gasteiger partial charge is 0.306 e. The first-order valence-electron chi connectivity index (χ1n) is 26.7. The van der Waals surface area contributed by atoms with Crippen LogP contribution in [-0.4, -0.2) is 37.2 Å². The number of allylic oxidation sites excluding steroid dienone is 16. The summed E-state index contributed by atoms with van der Waals surface area (Å²) >= 11 is 0. The van der Waals surface area contributed by atoms with Crippen molar-refractivity contribution >= 4 is 17.9 Å². The lowest BCUT2D eigenvalue weighted by atomic mass is 10.1. The van der Waals surface area contributed by atoms with E-state index in [-0.39, 0.29) is 31.1 Å². The van der Waals surface area contributed by atoms with Gasteiger partial charge in [0.1, 0.15) is 13.2 Å². The summed E-state index contributed by atoms with van der Waals surface area (Å²) in [6, 6.07) is 0. The third-order valence-electron chi connectivity index (χ3n) is 11.0. The number of hydrogen-bond acceptors (Lipinski definition) is 6. The number of carbonyl (C=O) groups is 3. The lowest BCUT2D eigenvalue weighted by molar-refractivity contribution is -0.167. The molecule has 1 atom stereocenters. The van der Waals surface area contributed by atoms with Crippen molar-refractivity contribution in [1.82, 2.24) is 0 Å². The Labute approximate surface area is 400 Å². The summed E-state index contributed by atoms with van der Waals surface area (Å²) < 4.78 is 16.8. The molecule has 0 aliphatic heterocycles. The molecule has 0 aromatic rings. The number of hydrogen-bond donors (Lipinski definition) is 0. The largest absolute Gasteiger partial charge is 0.462 e. The second kappa shape index (κ2) is 52.9. The number of rotatable bonds is 47. The predicted molar refractivity (Wildman–Crippen MR) is 279 cm³/mol. The van der Waals surface area contributed by atoms with Gasteiger partial charge in [-0.3, -0.25) is 14.4 Å². The van der Waals surface area contributed by atoms with Gasteiger partial charge in [0.05, 0.1) is 0 Å². The normalized spacial score (nSPS) is 12.8. The standard InChI is InChI=1S/C59H98O6/c1-4-7-10-13-16-19-22-24-26-28-29-31-32-34-37-40-43-46-49-52-58(61)64-55-56(54-63-57(60)51-48-45-42-39-36-21-18-15-12-9-6-3)65-59(62)53-50-47-44-41-38-35-33-30-27-25-23-20-17-14-11-8-5-2/h15-20,24-27,29,31,33-35,37,56H,4-14,21-23,28,30,32,36,38-55H2,1-3H3/b18-15-,19-16-,20-17-,26-24-,27-25-,31-29-,35-33-,37-34-/t56-/m1/s1. The fraction of sp³-hybridized carbons (Fsp3) is 0.678. The van der Waals surface area contributed by atoms with Crippen molar-refractivity contribution in [3.05, 3.63) is 97.2 Å². The zero-order chi connectivity index (χ0) is 47.2. The molecule has 0 aliphatic carbocycles. The van der Waals surface area contributed by atoms with E-state index in [4.69, 9.17) is 14.2 Å². The van der Waals surface area contributed by atoms with E-state index in [1.165, 1.54) is 77.0 Å². The summed E-state index contributed by atoms with van der Waals surface area (Å²) in [5.74, 6) is -0.968. The number of ether oxygens (including phenoxy) is 3. The van der Waals surface area contributed by atoms with E-state index in [1.807, 2.05) is 0 Å². The van der Waals surface area contributed by atoms with Gasteiger partial charge in [0.25, 0.3) is 0 Å². The highest BCUT2D eigenvalue weighted by Crippen LogP contribution is 2.12. The molecule has 0 radical (unpaired) electrons. The maximum atomic E-state index is 12.8. The van der Waals surface area contributed by atoms with Crippen molar-refractivity contribution in [2.75, 3.05) is 13.2 Å². The molecule has 0 bridgehead atoms. The van der Waals surface area contributed by atoms with Crippen LogP contribution in [0.1, 0.15) is 239 Å². The van der Waals surface area contributed by atoms with Crippen molar-refractivity contribution in [3.8, 4) is 0 Å². The summed E-state index contributed by atoms with van der Waals surface area (Å²) in [7, 11) is 0. The SMILES string of the molecule is CCCC/C=C\CCCCCCCC(=O)OC[C@H](COC(=O)CCCCC/C=C\C/C=C\C/C=C\C/C=C\CCCCC)OC(=O)CCCCCC/C=C\C/C=C\C/C=C\CCCCC. The molecule has 0 aliphatic rings. The molecular formula is C59H98O6. The van der Waals surface area contributed by atoms with E-state index in [2.05, 4.69) is 118 Å². The molecule has 0 unspecified atom stereocenters. The van der Waals surface area contributed by atoms with Crippen LogP contribution in [0.4, 0.5) is 0 Å². The van der Waals surface area contributed by atoms with Crippen LogP contribution < -0.4 is 0 Å². The van der Waals surface area contributed by atoms with Crippen molar-refractivity contribution in [1.29, 1.82) is 0 Å². The number of esters is 3. The molecule has 6 heteroatoms. The van der Waals surface area contributed by atoms with E-state index in [0.717, 1.165) is 122 Å². The van der Waals surface area contributed by atoms with Crippen LogP contribution in [0, 0.1) is 0 Å². The van der Waals surface area contributed by atoms with Gasteiger partial charge in [-0.15, -0.1) is 0 Å². The topological polar surface area (TPSA) is 78.9 Å². The van der Waals surface area contributed by atoms with Gasteiger partial charge in [0.15, 0.2) is 6.10 Å². The van der Waals surface area contributed by atoms with E-state index in [1.54, 1.807) is 0 Å². The Kier molecular flexibility index (Phi) is 50.0. The molecule has 0 fully saturated rings. The van der Waals surface area contributed by atoms with Gasteiger partial charge in [0, 0.05) is 19.3 Å². The Hall–Kier alpha value is -3.67. The molecule has 370 valence electrons. The molecule has 0 spiro atoms. The lowest BCUT2D eigenvalue weighted by Gasteiger charge is -2.18. The summed E-state index contributed by atoms with van der Waals surface area (Å²) in [5, 5.41) is 0. The summed E-state index contributed by atoms with van der Waals surface area (Å²) in [5.41, 5.74) is 0. The molecule has 65 heavy (non-hydrogen) atoms. The van der Waals surface area contributed by atoms with Gasteiger partial charge in [-0.25, -0.2) is 0 Å². The minimum atomic E-state index is -0.806. The van der Waals surface area contributed by atoms with Crippen LogP contribution in [0.2, 0.25) is 0 Å². The van der Waals surface area contributed by atoms with Gasteiger partial charge >= 0.3 is 17.9 Å². The maximum Gasteiger partial charge on any atom is 0.306 e. The lowest BCUT2D eigenvalue weighted by Crippen LogP contribution is -2.30. The predicted octanol–water partition coefficient (Wildman–Crippen LogP) is 17.8. The van der Waals surface area contributed by atoms with E-state index >= 15 is 0 Å². The molecule has 0 aromatic carbocycles. The van der Waals surface area contributed by atoms with E-state index in [9.17, 15) is 14.4 Å². The number of carbonyl (C=O) groups excluding carboxylic acids is 3. The minimum absolute atomic E-state index is 0.103. The van der Waals surface area contributed by atoms with Crippen molar-refractivity contribution < 1.29 is 28.6 Å². The highest BCUT2D eigenvalue weighted by Gasteiger charge is 2.19. The first kappa shape index (κ1) is 61.3. The molecule has 0 heterocycles. The van der Waals surface area contributed by atoms with Crippen LogP contribution in [0.3, 0.4) is 0 Å². The fourth-order valence-corrected chi connectivity index (χ4v) is 6.94. The Bertz CT molecular complexity index is 1310. The Balaban J connectivity index is 4.48. The second-order valence-corrected chi connectivity index (χ2v) is 17.4. The fourth-order valence-electron chi connectivity index (χ4n) is 6.94. The van der Waals surface area contributed by atoms with Crippen molar-refractivity contribution in [2.45, 2.75) is 245 Å². The highest BCUT2D eigenvalue weighted by molar-refractivity contribution is 5.71. The van der Waals surface area contributed by atoms with Crippen LogP contribution in [0.15, 0.2) is 97.2 Å². The zero-order valence-corrected chi connectivity index (χ0v) is 42.2. The molecule has 6 nitrogen and oxygen atoms in total. The van der Waals surface area contributed by atoms with Crippen molar-refractivity contribution in [2.24, 2.45) is 0 Å². The molecule has 0 rings (SSSR count). The first-order chi connectivity index (χ1) is 32.0.